The Balaban J connectivity index is 1.62. The lowest BCUT2D eigenvalue weighted by Crippen LogP contribution is -2.30. The zero-order valence-electron chi connectivity index (χ0n) is 16.6. The van der Waals surface area contributed by atoms with E-state index in [1.165, 1.54) is 12.1 Å². The van der Waals surface area contributed by atoms with Gasteiger partial charge in [-0.3, -0.25) is 0 Å². The van der Waals surface area contributed by atoms with E-state index in [2.05, 4.69) is 4.98 Å². The number of halogens is 3. The molecule has 1 aromatic heterocycles. The molecule has 0 radical (unpaired) electrons. The van der Waals surface area contributed by atoms with Gasteiger partial charge in [0, 0.05) is 28.0 Å². The Morgan fingerprint density at radius 3 is 2.09 bits per heavy atom. The van der Waals surface area contributed by atoms with Crippen molar-refractivity contribution >= 4 is 28.9 Å². The van der Waals surface area contributed by atoms with Crippen molar-refractivity contribution in [1.29, 1.82) is 0 Å². The molecule has 0 saturated heterocycles. The number of rotatable bonds is 5. The highest BCUT2D eigenvalue weighted by Gasteiger charge is 2.42. The molecule has 160 valence electrons. The van der Waals surface area contributed by atoms with Crippen LogP contribution in [0, 0.1) is 5.82 Å². The molecule has 0 N–H and O–H groups in total. The number of imidazole rings is 1. The Labute approximate surface area is 194 Å². The number of aromatic nitrogens is 2. The van der Waals surface area contributed by atoms with Crippen LogP contribution in [-0.4, -0.2) is 20.4 Å². The molecule has 0 aliphatic carbocycles. The second-order valence-electron chi connectivity index (χ2n) is 7.29. The highest BCUT2D eigenvalue weighted by atomic mass is 35.5. The van der Waals surface area contributed by atoms with Crippen LogP contribution in [0.3, 0.4) is 0 Å². The van der Waals surface area contributed by atoms with Crippen molar-refractivity contribution in [3.05, 3.63) is 119 Å². The number of hydrogen-bond donors (Lipinski definition) is 0. The molecular weight excluding hydrogens is 450 g/mol. The van der Waals surface area contributed by atoms with Crippen LogP contribution >= 0.6 is 23.2 Å². The third-order valence-corrected chi connectivity index (χ3v) is 5.74. The largest absolute Gasteiger partial charge is 0.362 e. The summed E-state index contributed by atoms with van der Waals surface area (Å²) in [5, 5.41) is 7.65. The lowest BCUT2D eigenvalue weighted by Gasteiger charge is -2.28. The quantitative estimate of drug-likeness (QED) is 0.345. The van der Waals surface area contributed by atoms with Crippen LogP contribution in [0.25, 0.3) is 0 Å². The van der Waals surface area contributed by atoms with Crippen LogP contribution in [0.15, 0.2) is 96.6 Å². The molecule has 0 amide bonds. The van der Waals surface area contributed by atoms with Gasteiger partial charge in [0.05, 0.1) is 12.0 Å². The third-order valence-electron chi connectivity index (χ3n) is 5.23. The first-order valence-corrected chi connectivity index (χ1v) is 10.6. The van der Waals surface area contributed by atoms with Crippen molar-refractivity contribution in [2.75, 3.05) is 0 Å². The van der Waals surface area contributed by atoms with Gasteiger partial charge in [-0.15, -0.1) is 10.3 Å². The van der Waals surface area contributed by atoms with Crippen molar-refractivity contribution in [3.8, 4) is 5.75 Å². The molecular formula is C24H17Cl2FN4O. The molecule has 8 heteroatoms. The molecule has 3 aromatic carbocycles. The molecule has 0 fully saturated rings. The normalized spacial score (nSPS) is 18.0. The highest BCUT2D eigenvalue weighted by Crippen LogP contribution is 2.41. The fraction of sp³-hybridized carbons (Fsp3) is 0.0833. The molecule has 2 heterocycles. The minimum absolute atomic E-state index is 0.250. The van der Waals surface area contributed by atoms with E-state index in [1.807, 2.05) is 59.3 Å². The minimum Gasteiger partial charge on any atom is -0.362 e. The molecule has 5 rings (SSSR count). The summed E-state index contributed by atoms with van der Waals surface area (Å²) >= 11 is 12.2. The summed E-state index contributed by atoms with van der Waals surface area (Å²) in [6.45, 7) is 0. The summed E-state index contributed by atoms with van der Waals surface area (Å²) in [5.41, 5.74) is 2.63. The lowest BCUT2D eigenvalue weighted by atomic mass is 9.93. The van der Waals surface area contributed by atoms with E-state index in [9.17, 15) is 4.39 Å². The fourth-order valence-electron chi connectivity index (χ4n) is 3.74. The van der Waals surface area contributed by atoms with Crippen molar-refractivity contribution in [2.45, 2.75) is 12.1 Å². The van der Waals surface area contributed by atoms with Crippen molar-refractivity contribution in [2.24, 2.45) is 5.10 Å². The smallest absolute Gasteiger partial charge is 0.157 e. The van der Waals surface area contributed by atoms with E-state index in [4.69, 9.17) is 33.1 Å². The Morgan fingerprint density at radius 2 is 1.47 bits per heavy atom. The van der Waals surface area contributed by atoms with Gasteiger partial charge in [-0.25, -0.2) is 9.37 Å². The minimum atomic E-state index is -0.338. The first-order valence-electron chi connectivity index (χ1n) is 9.88. The maximum absolute atomic E-state index is 13.4. The SMILES string of the molecule is Fc1ccc(ON2N=C(c3ccc(Cl)cc3)C(n3ccnc3)C2c2ccc(Cl)cc2)cc1. The summed E-state index contributed by atoms with van der Waals surface area (Å²) < 4.78 is 15.4. The monoisotopic (exact) mass is 466 g/mol. The van der Waals surface area contributed by atoms with Crippen LogP contribution in [-0.2, 0) is 0 Å². The van der Waals surface area contributed by atoms with E-state index in [0.717, 1.165) is 16.8 Å². The second kappa shape index (κ2) is 8.65. The Bertz CT molecular complexity index is 1230. The average Bonchev–Trinajstić information content (AvgIpc) is 3.45. The maximum Gasteiger partial charge on any atom is 0.157 e. The van der Waals surface area contributed by atoms with Gasteiger partial charge in [0.15, 0.2) is 5.75 Å². The number of hydroxylamine groups is 1. The maximum atomic E-state index is 13.4. The summed E-state index contributed by atoms with van der Waals surface area (Å²) in [7, 11) is 0. The van der Waals surface area contributed by atoms with Crippen LogP contribution < -0.4 is 4.84 Å². The zero-order valence-corrected chi connectivity index (χ0v) is 18.2. The van der Waals surface area contributed by atoms with E-state index in [-0.39, 0.29) is 17.9 Å². The van der Waals surface area contributed by atoms with Crippen molar-refractivity contribution < 1.29 is 9.23 Å². The van der Waals surface area contributed by atoms with Crippen LogP contribution in [0.2, 0.25) is 10.0 Å². The van der Waals surface area contributed by atoms with Crippen molar-refractivity contribution in [1.82, 2.24) is 14.7 Å². The molecule has 0 bridgehead atoms. The Kier molecular flexibility index (Phi) is 5.55. The summed E-state index contributed by atoms with van der Waals surface area (Å²) in [6, 6.07) is 20.3. The molecule has 2 atom stereocenters. The number of hydrazone groups is 1. The second-order valence-corrected chi connectivity index (χ2v) is 8.16. The highest BCUT2D eigenvalue weighted by molar-refractivity contribution is 6.31. The van der Waals surface area contributed by atoms with Gasteiger partial charge in [-0.1, -0.05) is 47.5 Å². The van der Waals surface area contributed by atoms with E-state index in [1.54, 1.807) is 29.8 Å². The molecule has 32 heavy (non-hydrogen) atoms. The summed E-state index contributed by atoms with van der Waals surface area (Å²) in [6.07, 6.45) is 5.36. The van der Waals surface area contributed by atoms with Gasteiger partial charge < -0.3 is 9.40 Å². The first-order chi connectivity index (χ1) is 15.6. The predicted octanol–water partition coefficient (Wildman–Crippen LogP) is 6.33. The Morgan fingerprint density at radius 1 is 0.812 bits per heavy atom. The standard InChI is InChI=1S/C24H17Cl2FN4O/c25-18-5-1-16(2-6-18)22-24(30-14-13-28-15-30)23(17-3-7-19(26)8-4-17)31(29-22)32-21-11-9-20(27)10-12-21/h1-15,23-24H. The van der Waals surface area contributed by atoms with Gasteiger partial charge in [0.25, 0.3) is 0 Å². The Hall–Kier alpha value is -3.35. The van der Waals surface area contributed by atoms with Crippen LogP contribution in [0.1, 0.15) is 23.2 Å². The predicted molar refractivity (Wildman–Crippen MR) is 122 cm³/mol. The zero-order chi connectivity index (χ0) is 22.1. The summed E-state index contributed by atoms with van der Waals surface area (Å²) in [5.74, 6) is 0.130. The van der Waals surface area contributed by atoms with Gasteiger partial charge in [0.2, 0.25) is 0 Å². The van der Waals surface area contributed by atoms with Gasteiger partial charge in [-0.2, -0.15) is 0 Å². The van der Waals surface area contributed by atoms with Gasteiger partial charge >= 0.3 is 0 Å². The van der Waals surface area contributed by atoms with Gasteiger partial charge in [-0.05, 0) is 54.1 Å². The molecule has 1 aliphatic heterocycles. The number of hydrogen-bond acceptors (Lipinski definition) is 4. The average molecular weight is 467 g/mol. The van der Waals surface area contributed by atoms with Crippen LogP contribution in [0.4, 0.5) is 4.39 Å². The molecule has 0 spiro atoms. The van der Waals surface area contributed by atoms with Crippen molar-refractivity contribution in [3.63, 3.8) is 0 Å². The van der Waals surface area contributed by atoms with E-state index >= 15 is 0 Å². The van der Waals surface area contributed by atoms with E-state index in [0.29, 0.717) is 15.8 Å². The van der Waals surface area contributed by atoms with Gasteiger partial charge in [0.1, 0.15) is 17.9 Å². The third kappa shape index (κ3) is 4.07. The molecule has 1 aliphatic rings. The molecule has 2 unspecified atom stereocenters. The number of benzene rings is 3. The molecule has 0 saturated carbocycles. The number of nitrogens with zero attached hydrogens (tertiary/aromatic N) is 4. The topological polar surface area (TPSA) is 42.6 Å². The lowest BCUT2D eigenvalue weighted by molar-refractivity contribution is -0.0923. The first kappa shape index (κ1) is 20.5. The molecule has 4 aromatic rings. The van der Waals surface area contributed by atoms with Crippen LogP contribution in [0.5, 0.6) is 5.75 Å². The summed E-state index contributed by atoms with van der Waals surface area (Å²) in [4.78, 5) is 10.4. The molecule has 5 nitrogen and oxygen atoms in total. The fourth-order valence-corrected chi connectivity index (χ4v) is 3.99. The van der Waals surface area contributed by atoms with E-state index < -0.39 is 0 Å².